The lowest BCUT2D eigenvalue weighted by molar-refractivity contribution is -0.120. The van der Waals surface area contributed by atoms with Crippen LogP contribution in [0.5, 0.6) is 0 Å². The van der Waals surface area contributed by atoms with Crippen LogP contribution >= 0.6 is 11.8 Å². The fourth-order valence-corrected chi connectivity index (χ4v) is 2.29. The molecule has 108 valence electrons. The average Bonchev–Trinajstić information content (AvgIpc) is 2.43. The molecule has 0 spiro atoms. The molecule has 1 atom stereocenters. The largest absolute Gasteiger partial charge is 0.340 e. The zero-order valence-corrected chi connectivity index (χ0v) is 12.5. The molecule has 1 aromatic heterocycles. The molecule has 0 saturated heterocycles. The molecule has 0 fully saturated rings. The maximum Gasteiger partial charge on any atom is 0.265 e. The first-order chi connectivity index (χ1) is 9.54. The Morgan fingerprint density at radius 1 is 1.45 bits per heavy atom. The van der Waals surface area contributed by atoms with E-state index in [0.717, 1.165) is 24.6 Å². The highest BCUT2D eigenvalue weighted by atomic mass is 32.2. The van der Waals surface area contributed by atoms with Crippen molar-refractivity contribution >= 4 is 28.5 Å². The second-order valence-corrected chi connectivity index (χ2v) is 5.41. The van der Waals surface area contributed by atoms with Crippen molar-refractivity contribution in [1.82, 2.24) is 10.3 Å². The Morgan fingerprint density at radius 2 is 2.20 bits per heavy atom. The number of amides is 1. The van der Waals surface area contributed by atoms with Crippen molar-refractivity contribution in [1.29, 1.82) is 5.41 Å². The lowest BCUT2D eigenvalue weighted by atomic mass is 10.1. The van der Waals surface area contributed by atoms with Gasteiger partial charge in [-0.1, -0.05) is 25.8 Å². The van der Waals surface area contributed by atoms with Crippen molar-refractivity contribution in [2.24, 2.45) is 0 Å². The van der Waals surface area contributed by atoms with Crippen molar-refractivity contribution in [3.05, 3.63) is 24.4 Å². The molecule has 1 heterocycles. The highest BCUT2D eigenvalue weighted by molar-refractivity contribution is 8.13. The van der Waals surface area contributed by atoms with Gasteiger partial charge in [-0.15, -0.1) is 0 Å². The lowest BCUT2D eigenvalue weighted by Crippen LogP contribution is -2.42. The Hall–Kier alpha value is -1.69. The number of thioether (sulfide) groups is 1. The number of carbonyl (C=O) groups excluding carboxylic acids is 2. The number of hydrogen-bond donors (Lipinski definition) is 2. The van der Waals surface area contributed by atoms with Gasteiger partial charge < -0.3 is 5.32 Å². The number of carbonyl (C=O) groups is 2. The Bertz CT molecular complexity index is 477. The van der Waals surface area contributed by atoms with Crippen molar-refractivity contribution in [3.8, 4) is 0 Å². The highest BCUT2D eigenvalue weighted by Crippen LogP contribution is 2.19. The smallest absolute Gasteiger partial charge is 0.265 e. The van der Waals surface area contributed by atoms with E-state index in [4.69, 9.17) is 5.41 Å². The molecule has 1 amide bonds. The summed E-state index contributed by atoms with van der Waals surface area (Å²) < 4.78 is 0. The molecular weight excluding hydrogens is 274 g/mol. The lowest BCUT2D eigenvalue weighted by Gasteiger charge is -2.16. The normalized spacial score (nSPS) is 11.7. The van der Waals surface area contributed by atoms with Crippen LogP contribution in [0.3, 0.4) is 0 Å². The van der Waals surface area contributed by atoms with Gasteiger partial charge in [-0.2, -0.15) is 0 Å². The number of unbranched alkanes of at least 4 members (excludes halogenated alkanes) is 1. The molecule has 0 saturated carbocycles. The maximum atomic E-state index is 12.2. The molecule has 0 aliphatic heterocycles. The first kappa shape index (κ1) is 16.4. The van der Waals surface area contributed by atoms with E-state index in [-0.39, 0.29) is 10.8 Å². The summed E-state index contributed by atoms with van der Waals surface area (Å²) in [6, 6.07) is 4.77. The summed E-state index contributed by atoms with van der Waals surface area (Å²) in [4.78, 5) is 27.9. The number of hydrogen-bond acceptors (Lipinski definition) is 5. The quantitative estimate of drug-likeness (QED) is 0.597. The topological polar surface area (TPSA) is 82.9 Å². The third-order valence-corrected chi connectivity index (χ3v) is 3.56. The number of aromatic nitrogens is 1. The van der Waals surface area contributed by atoms with Crippen LogP contribution in [-0.2, 0) is 9.59 Å². The van der Waals surface area contributed by atoms with Gasteiger partial charge in [0.2, 0.25) is 5.12 Å². The molecule has 5 nitrogen and oxygen atoms in total. The van der Waals surface area contributed by atoms with E-state index in [1.165, 1.54) is 6.92 Å². The van der Waals surface area contributed by atoms with Crippen LogP contribution in [-0.4, -0.2) is 27.8 Å². The van der Waals surface area contributed by atoms with Gasteiger partial charge in [-0.25, -0.2) is 4.98 Å². The summed E-state index contributed by atoms with van der Waals surface area (Å²) in [5.74, 6) is -0.499. The van der Waals surface area contributed by atoms with E-state index >= 15 is 0 Å². The predicted molar refractivity (Wildman–Crippen MR) is 80.0 cm³/mol. The van der Waals surface area contributed by atoms with Crippen LogP contribution in [0.25, 0.3) is 0 Å². The van der Waals surface area contributed by atoms with Crippen LogP contribution in [0.15, 0.2) is 29.4 Å². The van der Waals surface area contributed by atoms with Crippen LogP contribution in [0.4, 0.5) is 0 Å². The monoisotopic (exact) mass is 293 g/mol. The van der Waals surface area contributed by atoms with Gasteiger partial charge in [0.1, 0.15) is 5.03 Å². The second kappa shape index (κ2) is 8.47. The standard InChI is InChI=1S/C14H19N3O2S/c1-3-4-7-11(17-13(18)10(2)15)14(19)20-12-8-5-6-9-16-12/h5-6,8-9,11,15H,3-4,7H2,1-2H3,(H,17,18)/t11-/m0/s1. The first-order valence-electron chi connectivity index (χ1n) is 6.53. The van der Waals surface area contributed by atoms with E-state index in [0.29, 0.717) is 11.4 Å². The first-order valence-corrected chi connectivity index (χ1v) is 7.35. The van der Waals surface area contributed by atoms with E-state index in [2.05, 4.69) is 10.3 Å². The number of nitrogens with zero attached hydrogens (tertiary/aromatic N) is 1. The van der Waals surface area contributed by atoms with Crippen molar-refractivity contribution < 1.29 is 9.59 Å². The summed E-state index contributed by atoms with van der Waals surface area (Å²) in [5, 5.41) is 10.4. The highest BCUT2D eigenvalue weighted by Gasteiger charge is 2.22. The van der Waals surface area contributed by atoms with Crippen LogP contribution in [0.2, 0.25) is 0 Å². The van der Waals surface area contributed by atoms with Crippen LogP contribution < -0.4 is 5.32 Å². The fraction of sp³-hybridized carbons (Fsp3) is 0.429. The molecule has 0 aliphatic carbocycles. The SMILES string of the molecule is CCCC[C@H](NC(=O)C(C)=N)C(=O)Sc1ccccn1. The van der Waals surface area contributed by atoms with Gasteiger partial charge in [0.25, 0.3) is 5.91 Å². The Kier molecular flexibility index (Phi) is 6.93. The third kappa shape index (κ3) is 5.52. The number of rotatable bonds is 7. The summed E-state index contributed by atoms with van der Waals surface area (Å²) in [6.45, 7) is 3.43. The van der Waals surface area contributed by atoms with Gasteiger partial charge in [-0.05, 0) is 37.2 Å². The minimum absolute atomic E-state index is 0.0952. The van der Waals surface area contributed by atoms with Gasteiger partial charge >= 0.3 is 0 Å². The van der Waals surface area contributed by atoms with E-state index in [1.807, 2.05) is 13.0 Å². The molecule has 0 bridgehead atoms. The van der Waals surface area contributed by atoms with E-state index < -0.39 is 11.9 Å². The average molecular weight is 293 g/mol. The number of pyridine rings is 1. The van der Waals surface area contributed by atoms with E-state index in [1.54, 1.807) is 18.3 Å². The molecule has 0 aliphatic rings. The molecule has 6 heteroatoms. The molecular formula is C14H19N3O2S. The molecule has 2 N–H and O–H groups in total. The van der Waals surface area contributed by atoms with Crippen molar-refractivity contribution in [2.75, 3.05) is 0 Å². The maximum absolute atomic E-state index is 12.2. The minimum atomic E-state index is -0.574. The Morgan fingerprint density at radius 3 is 2.75 bits per heavy atom. The Labute approximate surface area is 123 Å². The van der Waals surface area contributed by atoms with Gasteiger partial charge in [0, 0.05) is 6.20 Å². The van der Waals surface area contributed by atoms with Gasteiger partial charge in [0.05, 0.1) is 11.8 Å². The van der Waals surface area contributed by atoms with Gasteiger partial charge in [-0.3, -0.25) is 15.0 Å². The molecule has 1 rings (SSSR count). The second-order valence-electron chi connectivity index (χ2n) is 4.38. The summed E-state index contributed by atoms with van der Waals surface area (Å²) in [7, 11) is 0. The molecule has 20 heavy (non-hydrogen) atoms. The van der Waals surface area contributed by atoms with Gasteiger partial charge in [0.15, 0.2) is 0 Å². The summed E-state index contributed by atoms with van der Waals surface area (Å²) >= 11 is 1.02. The summed E-state index contributed by atoms with van der Waals surface area (Å²) in [5.41, 5.74) is -0.0952. The fourth-order valence-electron chi connectivity index (χ4n) is 1.51. The molecule has 0 unspecified atom stereocenters. The molecule has 0 aromatic carbocycles. The van der Waals surface area contributed by atoms with E-state index in [9.17, 15) is 9.59 Å². The van der Waals surface area contributed by atoms with Crippen LogP contribution in [0, 0.1) is 5.41 Å². The third-order valence-electron chi connectivity index (χ3n) is 2.62. The Balaban J connectivity index is 2.68. The predicted octanol–water partition coefficient (Wildman–Crippen LogP) is 2.41. The van der Waals surface area contributed by atoms with Crippen molar-refractivity contribution in [3.63, 3.8) is 0 Å². The zero-order valence-electron chi connectivity index (χ0n) is 11.7. The molecule has 1 aromatic rings. The molecule has 0 radical (unpaired) electrons. The summed E-state index contributed by atoms with van der Waals surface area (Å²) in [6.07, 6.45) is 3.99. The minimum Gasteiger partial charge on any atom is -0.340 e. The zero-order chi connectivity index (χ0) is 15.0. The van der Waals surface area contributed by atoms with Crippen molar-refractivity contribution in [2.45, 2.75) is 44.2 Å². The van der Waals surface area contributed by atoms with Crippen LogP contribution in [0.1, 0.15) is 33.1 Å². The number of nitrogens with one attached hydrogen (secondary N) is 2.